The molecule has 146 valence electrons. The first-order valence-electron chi connectivity index (χ1n) is 10.5. The van der Waals surface area contributed by atoms with E-state index in [1.165, 1.54) is 77.5 Å². The van der Waals surface area contributed by atoms with Crippen molar-refractivity contribution in [2.75, 3.05) is 54.4 Å². The molecule has 0 radical (unpaired) electrons. The summed E-state index contributed by atoms with van der Waals surface area (Å²) in [4.78, 5) is 0. The second-order valence-electron chi connectivity index (χ2n) is 9.01. The van der Waals surface area contributed by atoms with Gasteiger partial charge in [0.2, 0.25) is 0 Å². The molecule has 0 spiro atoms. The second-order valence-corrected chi connectivity index (χ2v) is 9.01. The van der Waals surface area contributed by atoms with Gasteiger partial charge in [-0.1, -0.05) is 25.7 Å². The molecular weight excluding hydrogens is 296 g/mol. The lowest BCUT2D eigenvalue weighted by Crippen LogP contribution is -2.39. The van der Waals surface area contributed by atoms with Gasteiger partial charge in [0, 0.05) is 0 Å². The Morgan fingerprint density at radius 1 is 0.583 bits per heavy atom. The van der Waals surface area contributed by atoms with E-state index in [9.17, 15) is 5.11 Å². The third-order valence-corrected chi connectivity index (χ3v) is 5.81. The number of hydrogen-bond donors (Lipinski definition) is 1. The molecule has 0 amide bonds. The summed E-state index contributed by atoms with van der Waals surface area (Å²) in [6.45, 7) is 9.53. The third-order valence-electron chi connectivity index (χ3n) is 5.81. The molecule has 0 saturated heterocycles. The summed E-state index contributed by atoms with van der Waals surface area (Å²) in [7, 11) is 9.25. The largest absolute Gasteiger partial charge is 0.393 e. The van der Waals surface area contributed by atoms with Crippen LogP contribution in [0, 0.1) is 0 Å². The van der Waals surface area contributed by atoms with E-state index < -0.39 is 0 Å². The Morgan fingerprint density at radius 3 is 1.25 bits per heavy atom. The van der Waals surface area contributed by atoms with Crippen LogP contribution in [0.4, 0.5) is 0 Å². The van der Waals surface area contributed by atoms with E-state index in [0.29, 0.717) is 0 Å². The van der Waals surface area contributed by atoms with Crippen molar-refractivity contribution < 1.29 is 14.1 Å². The summed E-state index contributed by atoms with van der Waals surface area (Å²) >= 11 is 0. The lowest BCUT2D eigenvalue weighted by molar-refractivity contribution is -0.888. The highest BCUT2D eigenvalue weighted by Crippen LogP contribution is 2.13. The molecule has 0 heterocycles. The highest BCUT2D eigenvalue weighted by atomic mass is 16.3. The van der Waals surface area contributed by atoms with Crippen molar-refractivity contribution in [2.45, 2.75) is 84.2 Å². The van der Waals surface area contributed by atoms with Gasteiger partial charge >= 0.3 is 0 Å². The van der Waals surface area contributed by atoms with Crippen LogP contribution >= 0.6 is 0 Å². The predicted molar refractivity (Wildman–Crippen MR) is 107 cm³/mol. The summed E-state index contributed by atoms with van der Waals surface area (Å²) in [5.74, 6) is 0. The predicted octanol–water partition coefficient (Wildman–Crippen LogP) is 4.44. The van der Waals surface area contributed by atoms with Gasteiger partial charge in [-0.15, -0.1) is 0 Å². The maximum atomic E-state index is 10.1. The van der Waals surface area contributed by atoms with Crippen LogP contribution in [-0.4, -0.2) is 74.5 Å². The van der Waals surface area contributed by atoms with Gasteiger partial charge < -0.3 is 14.1 Å². The number of quaternary nitrogens is 2. The minimum Gasteiger partial charge on any atom is -0.393 e. The van der Waals surface area contributed by atoms with E-state index in [1.54, 1.807) is 0 Å². The number of nitrogens with zero attached hydrogens (tertiary/aromatic N) is 2. The monoisotopic (exact) mass is 344 g/mol. The van der Waals surface area contributed by atoms with Gasteiger partial charge in [0.15, 0.2) is 0 Å². The van der Waals surface area contributed by atoms with Gasteiger partial charge in [0.05, 0.1) is 60.5 Å². The Kier molecular flexibility index (Phi) is 13.1. The highest BCUT2D eigenvalue weighted by molar-refractivity contribution is 4.57. The van der Waals surface area contributed by atoms with Crippen molar-refractivity contribution in [3.05, 3.63) is 0 Å². The molecule has 0 aromatic carbocycles. The summed E-state index contributed by atoms with van der Waals surface area (Å²) in [6, 6.07) is 0. The van der Waals surface area contributed by atoms with Gasteiger partial charge in [-0.05, 0) is 52.4 Å². The quantitative estimate of drug-likeness (QED) is 0.324. The Balaban J connectivity index is 3.40. The smallest absolute Gasteiger partial charge is 0.0782 e. The highest BCUT2D eigenvalue weighted by Gasteiger charge is 2.11. The van der Waals surface area contributed by atoms with E-state index >= 15 is 0 Å². The van der Waals surface area contributed by atoms with Crippen molar-refractivity contribution >= 4 is 0 Å². The number of unbranched alkanes of at least 4 members (excludes halogenated alkanes) is 6. The molecule has 1 N–H and O–H groups in total. The average Bonchev–Trinajstić information content (AvgIpc) is 2.54. The van der Waals surface area contributed by atoms with E-state index in [-0.39, 0.29) is 6.10 Å². The summed E-state index contributed by atoms with van der Waals surface area (Å²) in [5.41, 5.74) is 0. The van der Waals surface area contributed by atoms with Crippen molar-refractivity contribution in [1.82, 2.24) is 0 Å². The zero-order chi connectivity index (χ0) is 18.5. The minimum absolute atomic E-state index is 0.0595. The summed E-state index contributed by atoms with van der Waals surface area (Å²) in [6.07, 6.45) is 12.2. The van der Waals surface area contributed by atoms with Crippen molar-refractivity contribution in [2.24, 2.45) is 0 Å². The van der Waals surface area contributed by atoms with Crippen LogP contribution in [0.2, 0.25) is 0 Å². The van der Waals surface area contributed by atoms with Crippen LogP contribution in [0.3, 0.4) is 0 Å². The number of rotatable bonds is 16. The lowest BCUT2D eigenvalue weighted by atomic mass is 10.0. The third kappa shape index (κ3) is 14.2. The van der Waals surface area contributed by atoms with Crippen molar-refractivity contribution in [1.29, 1.82) is 0 Å². The van der Waals surface area contributed by atoms with Gasteiger partial charge in [0.1, 0.15) is 0 Å². The first kappa shape index (κ1) is 23.9. The fourth-order valence-electron chi connectivity index (χ4n) is 3.01. The molecule has 3 heteroatoms. The van der Waals surface area contributed by atoms with Crippen molar-refractivity contribution in [3.63, 3.8) is 0 Å². The SMILES string of the molecule is CC[N+](C)(C)CCCCCCC(O)CCCCCC[N+](C)(C)CC. The molecule has 0 aromatic rings. The van der Waals surface area contributed by atoms with Gasteiger partial charge in [-0.3, -0.25) is 0 Å². The van der Waals surface area contributed by atoms with Gasteiger partial charge in [0.25, 0.3) is 0 Å². The molecule has 3 nitrogen and oxygen atoms in total. The molecular formula is C21H48N2O+2. The van der Waals surface area contributed by atoms with Crippen LogP contribution in [0.5, 0.6) is 0 Å². The number of aliphatic hydroxyl groups excluding tert-OH is 1. The van der Waals surface area contributed by atoms with Gasteiger partial charge in [-0.25, -0.2) is 0 Å². The minimum atomic E-state index is -0.0595. The lowest BCUT2D eigenvalue weighted by Gasteiger charge is -2.28. The van der Waals surface area contributed by atoms with E-state index in [2.05, 4.69) is 42.0 Å². The Hall–Kier alpha value is -0.120. The molecule has 0 aromatic heterocycles. The second kappa shape index (κ2) is 13.1. The fourth-order valence-corrected chi connectivity index (χ4v) is 3.01. The molecule has 0 atom stereocenters. The van der Waals surface area contributed by atoms with Crippen LogP contribution in [0.1, 0.15) is 78.1 Å². The molecule has 0 fully saturated rings. The van der Waals surface area contributed by atoms with Crippen LogP contribution < -0.4 is 0 Å². The summed E-state index contributed by atoms with van der Waals surface area (Å²) < 4.78 is 2.27. The zero-order valence-corrected chi connectivity index (χ0v) is 17.8. The molecule has 0 bridgehead atoms. The standard InChI is InChI=1S/C21H48N2O/c1-7-22(3,4)19-15-11-9-13-17-21(24)18-14-10-12-16-20-23(5,6)8-2/h21,24H,7-20H2,1-6H3/q+2. The Labute approximate surface area is 153 Å². The normalized spacial score (nSPS) is 13.0. The van der Waals surface area contributed by atoms with E-state index in [4.69, 9.17) is 0 Å². The molecule has 0 rings (SSSR count). The Bertz CT molecular complexity index is 262. The Morgan fingerprint density at radius 2 is 0.917 bits per heavy atom. The molecule has 24 heavy (non-hydrogen) atoms. The fraction of sp³-hybridized carbons (Fsp3) is 1.00. The number of hydrogen-bond acceptors (Lipinski definition) is 1. The topological polar surface area (TPSA) is 20.2 Å². The van der Waals surface area contributed by atoms with Crippen molar-refractivity contribution in [3.8, 4) is 0 Å². The molecule has 0 aliphatic heterocycles. The maximum absolute atomic E-state index is 10.1. The molecule has 0 saturated carbocycles. The molecule has 0 aliphatic carbocycles. The average molecular weight is 345 g/mol. The first-order valence-corrected chi connectivity index (χ1v) is 10.5. The maximum Gasteiger partial charge on any atom is 0.0782 e. The van der Waals surface area contributed by atoms with Crippen LogP contribution in [0.15, 0.2) is 0 Å². The first-order chi connectivity index (χ1) is 11.2. The summed E-state index contributed by atoms with van der Waals surface area (Å²) in [5, 5.41) is 10.1. The zero-order valence-electron chi connectivity index (χ0n) is 17.8. The van der Waals surface area contributed by atoms with Crippen LogP contribution in [-0.2, 0) is 0 Å². The van der Waals surface area contributed by atoms with Gasteiger partial charge in [-0.2, -0.15) is 0 Å². The molecule has 0 unspecified atom stereocenters. The number of aliphatic hydroxyl groups is 1. The van der Waals surface area contributed by atoms with Crippen LogP contribution in [0.25, 0.3) is 0 Å². The van der Waals surface area contributed by atoms with E-state index in [0.717, 1.165) is 21.8 Å². The molecule has 0 aliphatic rings. The van der Waals surface area contributed by atoms with E-state index in [1.807, 2.05) is 0 Å².